The van der Waals surface area contributed by atoms with Crippen molar-refractivity contribution < 1.29 is 0 Å². The summed E-state index contributed by atoms with van der Waals surface area (Å²) in [5, 5.41) is 3.59. The molecule has 0 unspecified atom stereocenters. The normalized spacial score (nSPS) is 12.5. The number of hydrazine groups is 2. The summed E-state index contributed by atoms with van der Waals surface area (Å²) in [7, 11) is 7.50. The van der Waals surface area contributed by atoms with Crippen molar-refractivity contribution in [3.63, 3.8) is 0 Å². The molecule has 4 nitrogen and oxygen atoms in total. The smallest absolute Gasteiger partial charge is 0.0454 e. The van der Waals surface area contributed by atoms with Crippen LogP contribution in [0.5, 0.6) is 0 Å². The number of halogens is 2. The lowest BCUT2D eigenvalue weighted by Crippen LogP contribution is -2.38. The molecule has 0 fully saturated rings. The van der Waals surface area contributed by atoms with E-state index >= 15 is 0 Å². The van der Waals surface area contributed by atoms with Gasteiger partial charge in [0, 0.05) is 41.3 Å². The Labute approximate surface area is 84.4 Å². The number of nitrogens with zero attached hydrogens (tertiary/aromatic N) is 4. The lowest BCUT2D eigenvalue weighted by Gasteiger charge is -2.25. The summed E-state index contributed by atoms with van der Waals surface area (Å²) >= 11 is 11.6. The Morgan fingerprint density at radius 1 is 0.750 bits per heavy atom. The van der Waals surface area contributed by atoms with Gasteiger partial charge in [-0.05, 0) is 23.6 Å². The highest BCUT2D eigenvalue weighted by molar-refractivity contribution is 6.13. The third kappa shape index (κ3) is 5.13. The quantitative estimate of drug-likeness (QED) is 0.498. The molecule has 12 heavy (non-hydrogen) atoms. The molecular weight excluding hydrogens is 199 g/mol. The molecule has 0 spiro atoms. The molecule has 0 bridgehead atoms. The van der Waals surface area contributed by atoms with E-state index in [0.717, 1.165) is 0 Å². The van der Waals surface area contributed by atoms with Crippen LogP contribution in [0.2, 0.25) is 0 Å². The topological polar surface area (TPSA) is 13.0 Å². The maximum absolute atomic E-state index is 5.82. The third-order valence-electron chi connectivity index (χ3n) is 1.34. The minimum atomic E-state index is 0.677. The Balaban J connectivity index is 3.54. The van der Waals surface area contributed by atoms with Crippen LogP contribution in [0.15, 0.2) is 0 Å². The predicted octanol–water partition coefficient (Wildman–Crippen LogP) is 0.851. The van der Waals surface area contributed by atoms with Crippen LogP contribution in [0.3, 0.4) is 0 Å². The first-order chi connectivity index (χ1) is 5.45. The number of hydrogen-bond donors (Lipinski definition) is 0. The lowest BCUT2D eigenvalue weighted by atomic mass is 10.7. The standard InChI is InChI=1S/C6H16Cl2N4/c1-9(2)11(7)5-6-12(8)10(3)4/h5-6H2,1-4H3. The monoisotopic (exact) mass is 214 g/mol. The highest BCUT2D eigenvalue weighted by atomic mass is 35.5. The zero-order valence-electron chi connectivity index (χ0n) is 7.96. The average Bonchev–Trinajstić information content (AvgIpc) is 1.98. The van der Waals surface area contributed by atoms with E-state index in [1.165, 1.54) is 0 Å². The Bertz CT molecular complexity index is 106. The van der Waals surface area contributed by atoms with Crippen molar-refractivity contribution in [1.82, 2.24) is 19.1 Å². The van der Waals surface area contributed by atoms with Gasteiger partial charge in [0.05, 0.1) is 0 Å². The van der Waals surface area contributed by atoms with Gasteiger partial charge in [0.15, 0.2) is 0 Å². The summed E-state index contributed by atoms with van der Waals surface area (Å²) in [6.07, 6.45) is 0. The molecule has 0 aliphatic carbocycles. The van der Waals surface area contributed by atoms with Gasteiger partial charge in [-0.3, -0.25) is 0 Å². The Morgan fingerprint density at radius 3 is 1.17 bits per heavy atom. The van der Waals surface area contributed by atoms with Crippen LogP contribution in [0.4, 0.5) is 0 Å². The van der Waals surface area contributed by atoms with Crippen molar-refractivity contribution >= 4 is 23.6 Å². The zero-order chi connectivity index (χ0) is 9.72. The van der Waals surface area contributed by atoms with Crippen LogP contribution in [-0.4, -0.2) is 60.4 Å². The summed E-state index contributed by atoms with van der Waals surface area (Å²) in [4.78, 5) is 0. The van der Waals surface area contributed by atoms with E-state index in [9.17, 15) is 0 Å². The molecule has 0 radical (unpaired) electrons. The van der Waals surface area contributed by atoms with Crippen molar-refractivity contribution in [3.05, 3.63) is 0 Å². The first-order valence-electron chi connectivity index (χ1n) is 3.66. The van der Waals surface area contributed by atoms with Gasteiger partial charge >= 0.3 is 0 Å². The fraction of sp³-hybridized carbons (Fsp3) is 1.00. The Morgan fingerprint density at radius 2 is 1.00 bits per heavy atom. The molecule has 0 aromatic heterocycles. The van der Waals surface area contributed by atoms with Crippen molar-refractivity contribution in [2.24, 2.45) is 0 Å². The Hall–Kier alpha value is 0.420. The van der Waals surface area contributed by atoms with Gasteiger partial charge in [0.2, 0.25) is 0 Å². The molecule has 0 heterocycles. The molecule has 0 saturated heterocycles. The molecule has 0 rings (SSSR count). The van der Waals surface area contributed by atoms with Gasteiger partial charge in [0.1, 0.15) is 0 Å². The SMILES string of the molecule is CN(C)N(Cl)CCN(Cl)N(C)C. The molecule has 0 aliphatic rings. The summed E-state index contributed by atoms with van der Waals surface area (Å²) in [6.45, 7) is 1.35. The molecule has 6 heteroatoms. The second-order valence-electron chi connectivity index (χ2n) is 2.81. The maximum Gasteiger partial charge on any atom is 0.0454 e. The van der Waals surface area contributed by atoms with Crippen LogP contribution in [0.1, 0.15) is 0 Å². The molecule has 0 N–H and O–H groups in total. The third-order valence-corrected chi connectivity index (χ3v) is 2.28. The van der Waals surface area contributed by atoms with E-state index in [1.807, 2.05) is 28.2 Å². The predicted molar refractivity (Wildman–Crippen MR) is 52.5 cm³/mol. The molecule has 0 aliphatic heterocycles. The van der Waals surface area contributed by atoms with Gasteiger partial charge < -0.3 is 0 Å². The number of hydrogen-bond acceptors (Lipinski definition) is 4. The van der Waals surface area contributed by atoms with Crippen molar-refractivity contribution in [2.45, 2.75) is 0 Å². The zero-order valence-corrected chi connectivity index (χ0v) is 9.47. The Kier molecular flexibility index (Phi) is 6.17. The van der Waals surface area contributed by atoms with Crippen molar-refractivity contribution in [2.75, 3.05) is 41.3 Å². The van der Waals surface area contributed by atoms with Gasteiger partial charge in [-0.2, -0.15) is 9.06 Å². The fourth-order valence-electron chi connectivity index (χ4n) is 0.565. The van der Waals surface area contributed by atoms with Crippen molar-refractivity contribution in [3.8, 4) is 0 Å². The van der Waals surface area contributed by atoms with Gasteiger partial charge in [0.25, 0.3) is 0 Å². The van der Waals surface area contributed by atoms with E-state index in [4.69, 9.17) is 23.6 Å². The largest absolute Gasteiger partial charge is 0.234 e. The minimum Gasteiger partial charge on any atom is -0.234 e. The average molecular weight is 215 g/mol. The molecule has 0 amide bonds. The van der Waals surface area contributed by atoms with Crippen LogP contribution < -0.4 is 0 Å². The van der Waals surface area contributed by atoms with E-state index in [1.54, 1.807) is 19.1 Å². The van der Waals surface area contributed by atoms with Gasteiger partial charge in [-0.15, -0.1) is 0 Å². The summed E-state index contributed by atoms with van der Waals surface area (Å²) in [5.41, 5.74) is 0. The summed E-state index contributed by atoms with van der Waals surface area (Å²) in [6, 6.07) is 0. The second kappa shape index (κ2) is 5.96. The van der Waals surface area contributed by atoms with Crippen LogP contribution in [0, 0.1) is 0 Å². The first kappa shape index (κ1) is 12.4. The molecular formula is C6H16Cl2N4. The van der Waals surface area contributed by atoms with Crippen LogP contribution in [0.25, 0.3) is 0 Å². The van der Waals surface area contributed by atoms with E-state index in [0.29, 0.717) is 13.1 Å². The first-order valence-corrected chi connectivity index (χ1v) is 4.34. The van der Waals surface area contributed by atoms with Crippen molar-refractivity contribution in [1.29, 1.82) is 0 Å². The fourth-order valence-corrected chi connectivity index (χ4v) is 0.716. The molecule has 74 valence electrons. The lowest BCUT2D eigenvalue weighted by molar-refractivity contribution is 0.0805. The van der Waals surface area contributed by atoms with Gasteiger partial charge in [-0.1, -0.05) is 0 Å². The highest BCUT2D eigenvalue weighted by Crippen LogP contribution is 2.00. The second-order valence-corrected chi connectivity index (χ2v) is 3.60. The summed E-state index contributed by atoms with van der Waals surface area (Å²) in [5.74, 6) is 0. The van der Waals surface area contributed by atoms with E-state index in [-0.39, 0.29) is 0 Å². The molecule has 0 aromatic carbocycles. The van der Waals surface area contributed by atoms with E-state index < -0.39 is 0 Å². The van der Waals surface area contributed by atoms with Crippen LogP contribution in [-0.2, 0) is 0 Å². The van der Waals surface area contributed by atoms with Crippen LogP contribution >= 0.6 is 23.6 Å². The molecule has 0 atom stereocenters. The highest BCUT2D eigenvalue weighted by Gasteiger charge is 2.07. The molecule has 0 saturated carbocycles. The van der Waals surface area contributed by atoms with E-state index in [2.05, 4.69) is 0 Å². The van der Waals surface area contributed by atoms with Gasteiger partial charge in [-0.25, -0.2) is 10.0 Å². The summed E-state index contributed by atoms with van der Waals surface area (Å²) < 4.78 is 3.14. The molecule has 0 aromatic rings. The number of rotatable bonds is 5. The maximum atomic E-state index is 5.82. The minimum absolute atomic E-state index is 0.677.